The minimum atomic E-state index is -0.770. The number of nitrogens with zero attached hydrogens (tertiary/aromatic N) is 1. The fourth-order valence-corrected chi connectivity index (χ4v) is 11.3. The Morgan fingerprint density at radius 1 is 0.878 bits per heavy atom. The number of hydrogen-bond acceptors (Lipinski definition) is 6. The predicted octanol–water partition coefficient (Wildman–Crippen LogP) is 6.40. The molecule has 266 valence electrons. The van der Waals surface area contributed by atoms with Gasteiger partial charge in [-0.1, -0.05) is 66.5 Å². The van der Waals surface area contributed by atoms with Crippen LogP contribution >= 0.6 is 0 Å². The minimum absolute atomic E-state index is 0.0685. The lowest BCUT2D eigenvalue weighted by atomic mass is 9.41. The Morgan fingerprint density at radius 3 is 2.29 bits per heavy atom. The maximum atomic E-state index is 15.0. The Balaban J connectivity index is 1.30. The zero-order chi connectivity index (χ0) is 35.6. The predicted molar refractivity (Wildman–Crippen MR) is 192 cm³/mol. The molecule has 8 nitrogen and oxygen atoms in total. The number of nitrogens with one attached hydrogen (secondary N) is 2. The summed E-state index contributed by atoms with van der Waals surface area (Å²) in [7, 11) is 1.72. The Hall–Kier alpha value is -3.23. The topological polar surface area (TPSA) is 119 Å². The van der Waals surface area contributed by atoms with Crippen molar-refractivity contribution >= 4 is 23.4 Å². The Kier molecular flexibility index (Phi) is 9.09. The lowest BCUT2D eigenvalue weighted by Gasteiger charge is -2.63. The number of amides is 3. The number of aliphatic hydroxyl groups excluding tert-OH is 1. The molecule has 0 aromatic heterocycles. The maximum absolute atomic E-state index is 15.0. The van der Waals surface area contributed by atoms with Crippen LogP contribution in [-0.2, 0) is 38.1 Å². The number of carbonyl (C=O) groups excluding carboxylic acids is 3. The number of hydrogen-bond donors (Lipinski definition) is 4. The second-order valence-corrected chi connectivity index (χ2v) is 16.8. The Labute approximate surface area is 292 Å². The molecule has 0 spiro atoms. The molecule has 2 aromatic carbocycles. The molecule has 6 rings (SSSR count). The summed E-state index contributed by atoms with van der Waals surface area (Å²) in [6.45, 7) is 13.2. The Morgan fingerprint density at radius 2 is 1.57 bits per heavy atom. The molecule has 0 saturated heterocycles. The fraction of sp³-hybridized carbons (Fsp3) is 0.634. The molecule has 0 aliphatic heterocycles. The summed E-state index contributed by atoms with van der Waals surface area (Å²) in [5, 5.41) is 26.2. The van der Waals surface area contributed by atoms with Crippen molar-refractivity contribution in [2.24, 2.45) is 22.2 Å². The minimum Gasteiger partial charge on any atom is -0.508 e. The quantitative estimate of drug-likeness (QED) is 0.253. The molecule has 0 bridgehead atoms. The first kappa shape index (κ1) is 35.6. The molecule has 7 atom stereocenters. The molecular weight excluding hydrogens is 614 g/mol. The number of aliphatic hydroxyl groups is 1. The van der Waals surface area contributed by atoms with Crippen molar-refractivity contribution in [2.75, 3.05) is 25.5 Å². The van der Waals surface area contributed by atoms with Crippen LogP contribution in [0.3, 0.4) is 0 Å². The number of aromatic hydroxyl groups is 1. The van der Waals surface area contributed by atoms with Gasteiger partial charge in [0.2, 0.25) is 17.7 Å². The lowest BCUT2D eigenvalue weighted by Crippen LogP contribution is -2.64. The van der Waals surface area contributed by atoms with Gasteiger partial charge >= 0.3 is 0 Å². The number of anilines is 1. The maximum Gasteiger partial charge on any atom is 0.243 e. The van der Waals surface area contributed by atoms with Crippen molar-refractivity contribution in [3.63, 3.8) is 0 Å². The van der Waals surface area contributed by atoms with E-state index in [4.69, 9.17) is 0 Å². The summed E-state index contributed by atoms with van der Waals surface area (Å²) in [6, 6.07) is 11.1. The van der Waals surface area contributed by atoms with Crippen LogP contribution in [0.2, 0.25) is 0 Å². The number of carbonyl (C=O) groups is 3. The van der Waals surface area contributed by atoms with Crippen molar-refractivity contribution in [3.05, 3.63) is 58.7 Å². The monoisotopic (exact) mass is 671 g/mol. The van der Waals surface area contributed by atoms with Gasteiger partial charge in [0.1, 0.15) is 11.8 Å². The van der Waals surface area contributed by atoms with E-state index in [9.17, 15) is 19.8 Å². The summed E-state index contributed by atoms with van der Waals surface area (Å²) in [5.74, 6) is -0.104. The highest BCUT2D eigenvalue weighted by molar-refractivity contribution is 6.01. The number of likely N-dealkylation sites (N-methyl/N-ethyl adjacent to an activating group) is 1. The molecule has 2 aromatic rings. The molecule has 2 saturated carbocycles. The third kappa shape index (κ3) is 5.26. The van der Waals surface area contributed by atoms with E-state index >= 15 is 4.79 Å². The van der Waals surface area contributed by atoms with E-state index in [1.165, 1.54) is 16.0 Å². The van der Waals surface area contributed by atoms with E-state index in [0.717, 1.165) is 68.9 Å². The van der Waals surface area contributed by atoms with Crippen molar-refractivity contribution in [3.8, 4) is 5.75 Å². The van der Waals surface area contributed by atoms with Crippen molar-refractivity contribution in [1.82, 2.24) is 10.2 Å². The molecule has 49 heavy (non-hydrogen) atoms. The van der Waals surface area contributed by atoms with Crippen LogP contribution in [-0.4, -0.2) is 59.1 Å². The molecule has 0 heterocycles. The number of aryl methyl sites for hydroxylation is 2. The molecule has 0 radical (unpaired) electrons. The standard InChI is InChI=1S/C41H57N3O5/c1-8-42-32(25-45)34(47)43-28-14-11-27-17-22-41(6)39(4,31(27)23-28)20-10-21-40(41,5)36(49)44(7)35(48)38(3)19-9-18-37(2)30-24-29(46)15-12-26(30)13-16-33(37)38/h11-12,14-15,23-24,32-33,42,45-46H,8-10,13,16-22,25H2,1-7H3,(H,43,47)/t32-,33+,37+,38-,39+,40+,41+/m0/s1. The van der Waals surface area contributed by atoms with Gasteiger partial charge < -0.3 is 20.8 Å². The summed E-state index contributed by atoms with van der Waals surface area (Å²) in [5.41, 5.74) is 3.00. The largest absolute Gasteiger partial charge is 0.508 e. The fourth-order valence-electron chi connectivity index (χ4n) is 11.3. The van der Waals surface area contributed by atoms with Gasteiger partial charge in [-0.2, -0.15) is 0 Å². The highest BCUT2D eigenvalue weighted by Crippen LogP contribution is 2.66. The highest BCUT2D eigenvalue weighted by atomic mass is 16.3. The zero-order valence-corrected chi connectivity index (χ0v) is 30.7. The second kappa shape index (κ2) is 12.5. The van der Waals surface area contributed by atoms with Gasteiger partial charge in [0.25, 0.3) is 0 Å². The van der Waals surface area contributed by atoms with Crippen LogP contribution < -0.4 is 10.6 Å². The third-order valence-corrected chi connectivity index (χ3v) is 14.5. The zero-order valence-electron chi connectivity index (χ0n) is 30.7. The summed E-state index contributed by atoms with van der Waals surface area (Å²) < 4.78 is 0. The summed E-state index contributed by atoms with van der Waals surface area (Å²) in [6.07, 6.45) is 8.48. The molecule has 4 aliphatic rings. The number of imide groups is 1. The van der Waals surface area contributed by atoms with Crippen LogP contribution in [0.5, 0.6) is 5.75 Å². The van der Waals surface area contributed by atoms with Gasteiger partial charge in [-0.15, -0.1) is 0 Å². The van der Waals surface area contributed by atoms with Crippen molar-refractivity contribution < 1.29 is 24.6 Å². The first-order valence-corrected chi connectivity index (χ1v) is 18.5. The average molecular weight is 672 g/mol. The summed E-state index contributed by atoms with van der Waals surface area (Å²) in [4.78, 5) is 44.3. The van der Waals surface area contributed by atoms with Gasteiger partial charge in [0, 0.05) is 12.7 Å². The molecule has 4 N–H and O–H groups in total. The highest BCUT2D eigenvalue weighted by Gasteiger charge is 2.65. The normalized spacial score (nSPS) is 34.0. The number of phenolic OH excluding ortho intramolecular Hbond substituents is 1. The van der Waals surface area contributed by atoms with Crippen molar-refractivity contribution in [2.45, 2.75) is 123 Å². The molecule has 3 amide bonds. The molecule has 2 fully saturated rings. The van der Waals surface area contributed by atoms with Gasteiger partial charge in [0.15, 0.2) is 0 Å². The smallest absolute Gasteiger partial charge is 0.243 e. The number of fused-ring (bicyclic) bond motifs is 6. The van der Waals surface area contributed by atoms with Gasteiger partial charge in [0.05, 0.1) is 17.4 Å². The van der Waals surface area contributed by atoms with Crippen LogP contribution in [0, 0.1) is 22.2 Å². The average Bonchev–Trinajstić information content (AvgIpc) is 3.07. The van der Waals surface area contributed by atoms with E-state index in [1.807, 2.05) is 25.1 Å². The van der Waals surface area contributed by atoms with E-state index < -0.39 is 22.3 Å². The lowest BCUT2D eigenvalue weighted by molar-refractivity contribution is -0.171. The van der Waals surface area contributed by atoms with Crippen LogP contribution in [0.15, 0.2) is 36.4 Å². The van der Waals surface area contributed by atoms with E-state index in [-0.39, 0.29) is 46.8 Å². The molecule has 4 aliphatic carbocycles. The molecular formula is C41H57N3O5. The Bertz CT molecular complexity index is 1660. The summed E-state index contributed by atoms with van der Waals surface area (Å²) >= 11 is 0. The number of benzene rings is 2. The second-order valence-electron chi connectivity index (χ2n) is 16.8. The molecule has 0 unspecified atom stereocenters. The van der Waals surface area contributed by atoms with E-state index in [1.54, 1.807) is 13.1 Å². The molecule has 8 heteroatoms. The number of rotatable bonds is 7. The third-order valence-electron chi connectivity index (χ3n) is 14.5. The van der Waals surface area contributed by atoms with Crippen LogP contribution in [0.1, 0.15) is 115 Å². The SMILES string of the molecule is CCN[C@@H](CO)C(=O)Nc1ccc2c(c1)[C@@]1(C)CCC[C@](C)(C(=O)N(C)C(=O)[C@@]3(C)CCC[C@]4(C)c5cc(O)ccc5CC[C@@H]34)[C@]1(C)CC2. The van der Waals surface area contributed by atoms with E-state index in [0.29, 0.717) is 18.7 Å². The van der Waals surface area contributed by atoms with Crippen molar-refractivity contribution in [1.29, 1.82) is 0 Å². The van der Waals surface area contributed by atoms with Gasteiger partial charge in [-0.3, -0.25) is 19.3 Å². The first-order valence-electron chi connectivity index (χ1n) is 18.5. The number of phenols is 1. The van der Waals surface area contributed by atoms with E-state index in [2.05, 4.69) is 57.4 Å². The van der Waals surface area contributed by atoms with Crippen LogP contribution in [0.25, 0.3) is 0 Å². The van der Waals surface area contributed by atoms with Crippen LogP contribution in [0.4, 0.5) is 5.69 Å². The van der Waals surface area contributed by atoms with Gasteiger partial charge in [-0.05, 0) is 127 Å². The van der Waals surface area contributed by atoms with Gasteiger partial charge in [-0.25, -0.2) is 0 Å². The first-order chi connectivity index (χ1) is 23.1.